The third-order valence-electron chi connectivity index (χ3n) is 2.65. The number of unbranched alkanes of at least 4 members (excludes halogenated alkanes) is 1. The van der Waals surface area contributed by atoms with E-state index in [1.54, 1.807) is 0 Å². The fourth-order valence-electron chi connectivity index (χ4n) is 1.75. The summed E-state index contributed by atoms with van der Waals surface area (Å²) in [6.45, 7) is 6.72. The maximum atomic E-state index is 2.40. The summed E-state index contributed by atoms with van der Waals surface area (Å²) in [5.41, 5.74) is 2.76. The van der Waals surface area contributed by atoms with Gasteiger partial charge in [-0.1, -0.05) is 0 Å². The first-order valence-corrected chi connectivity index (χ1v) is 5.38. The average molecular weight is 194 g/mol. The monoisotopic (exact) mass is 194 g/mol. The molecule has 2 nitrogen and oxygen atoms in total. The SMILES string of the molecule is Cc1ccc(C)n1CCCCN(C)C. The number of hydrogen-bond donors (Lipinski definition) is 0. The Balaban J connectivity index is 2.31. The zero-order valence-electron chi connectivity index (χ0n) is 9.88. The van der Waals surface area contributed by atoms with E-state index in [4.69, 9.17) is 0 Å². The van der Waals surface area contributed by atoms with Gasteiger partial charge in [-0.15, -0.1) is 0 Å². The van der Waals surface area contributed by atoms with Crippen molar-refractivity contribution >= 4 is 0 Å². The average Bonchev–Trinajstić information content (AvgIpc) is 2.42. The molecule has 1 heterocycles. The van der Waals surface area contributed by atoms with Crippen LogP contribution in [0.4, 0.5) is 0 Å². The predicted molar refractivity (Wildman–Crippen MR) is 61.7 cm³/mol. The lowest BCUT2D eigenvalue weighted by molar-refractivity contribution is 0.387. The number of rotatable bonds is 5. The van der Waals surface area contributed by atoms with E-state index in [2.05, 4.69) is 49.5 Å². The molecule has 0 bridgehead atoms. The molecule has 0 fully saturated rings. The van der Waals surface area contributed by atoms with Crippen LogP contribution in [0.2, 0.25) is 0 Å². The Morgan fingerprint density at radius 2 is 1.64 bits per heavy atom. The molecule has 0 saturated heterocycles. The lowest BCUT2D eigenvalue weighted by Gasteiger charge is -2.11. The molecular weight excluding hydrogens is 172 g/mol. The van der Waals surface area contributed by atoms with E-state index in [0.717, 1.165) is 0 Å². The maximum Gasteiger partial charge on any atom is 0.0225 e. The second-order valence-corrected chi connectivity index (χ2v) is 4.28. The van der Waals surface area contributed by atoms with Crippen LogP contribution in [-0.2, 0) is 6.54 Å². The molecular formula is C12H22N2. The van der Waals surface area contributed by atoms with Crippen molar-refractivity contribution < 1.29 is 0 Å². The molecule has 0 spiro atoms. The molecule has 0 atom stereocenters. The summed E-state index contributed by atoms with van der Waals surface area (Å²) in [7, 11) is 4.26. The Kier molecular flexibility index (Phi) is 4.21. The largest absolute Gasteiger partial charge is 0.349 e. The van der Waals surface area contributed by atoms with Gasteiger partial charge < -0.3 is 9.47 Å². The van der Waals surface area contributed by atoms with E-state index in [-0.39, 0.29) is 0 Å². The van der Waals surface area contributed by atoms with Crippen LogP contribution in [0.5, 0.6) is 0 Å². The summed E-state index contributed by atoms with van der Waals surface area (Å²) >= 11 is 0. The van der Waals surface area contributed by atoms with Crippen LogP contribution >= 0.6 is 0 Å². The highest BCUT2D eigenvalue weighted by atomic mass is 15.0. The van der Waals surface area contributed by atoms with Gasteiger partial charge in [-0.05, 0) is 59.5 Å². The van der Waals surface area contributed by atoms with Crippen LogP contribution in [0.3, 0.4) is 0 Å². The van der Waals surface area contributed by atoms with Crippen molar-refractivity contribution in [3.63, 3.8) is 0 Å². The molecule has 80 valence electrons. The van der Waals surface area contributed by atoms with E-state index >= 15 is 0 Å². The Bertz CT molecular complexity index is 254. The van der Waals surface area contributed by atoms with Crippen LogP contribution < -0.4 is 0 Å². The van der Waals surface area contributed by atoms with Gasteiger partial charge in [0.15, 0.2) is 0 Å². The maximum absolute atomic E-state index is 2.40. The van der Waals surface area contributed by atoms with Crippen molar-refractivity contribution in [2.75, 3.05) is 20.6 Å². The molecule has 0 amide bonds. The first-order valence-electron chi connectivity index (χ1n) is 5.38. The fraction of sp³-hybridized carbons (Fsp3) is 0.667. The summed E-state index contributed by atoms with van der Waals surface area (Å²) in [6.07, 6.45) is 2.55. The molecule has 14 heavy (non-hydrogen) atoms. The number of hydrogen-bond acceptors (Lipinski definition) is 1. The normalized spacial score (nSPS) is 11.2. The molecule has 0 aromatic carbocycles. The van der Waals surface area contributed by atoms with Gasteiger partial charge in [0, 0.05) is 17.9 Å². The van der Waals surface area contributed by atoms with E-state index in [1.165, 1.54) is 37.3 Å². The van der Waals surface area contributed by atoms with E-state index in [9.17, 15) is 0 Å². The second kappa shape index (κ2) is 5.20. The van der Waals surface area contributed by atoms with Crippen LogP contribution in [0.15, 0.2) is 12.1 Å². The number of aryl methyl sites for hydroxylation is 2. The molecule has 0 unspecified atom stereocenters. The summed E-state index contributed by atoms with van der Waals surface area (Å²) in [4.78, 5) is 2.25. The summed E-state index contributed by atoms with van der Waals surface area (Å²) in [6, 6.07) is 4.39. The first-order chi connectivity index (χ1) is 6.61. The predicted octanol–water partition coefficient (Wildman–Crippen LogP) is 2.45. The standard InChI is InChI=1S/C12H22N2/c1-11-7-8-12(2)14(11)10-6-5-9-13(3)4/h7-8H,5-6,9-10H2,1-4H3. The first kappa shape index (κ1) is 11.3. The van der Waals surface area contributed by atoms with Gasteiger partial charge in [0.05, 0.1) is 0 Å². The third-order valence-corrected chi connectivity index (χ3v) is 2.65. The van der Waals surface area contributed by atoms with Crippen molar-refractivity contribution in [2.45, 2.75) is 33.2 Å². The zero-order valence-corrected chi connectivity index (χ0v) is 9.88. The second-order valence-electron chi connectivity index (χ2n) is 4.28. The highest BCUT2D eigenvalue weighted by Crippen LogP contribution is 2.08. The molecule has 1 aromatic rings. The van der Waals surface area contributed by atoms with E-state index in [1.807, 2.05) is 0 Å². The lowest BCUT2D eigenvalue weighted by Crippen LogP contribution is -2.13. The van der Waals surface area contributed by atoms with Gasteiger partial charge in [0.1, 0.15) is 0 Å². The molecule has 1 aromatic heterocycles. The highest BCUT2D eigenvalue weighted by Gasteiger charge is 1.99. The Labute approximate surface area is 87.5 Å². The fourth-order valence-corrected chi connectivity index (χ4v) is 1.75. The molecule has 0 aliphatic carbocycles. The Hall–Kier alpha value is -0.760. The van der Waals surface area contributed by atoms with Crippen molar-refractivity contribution in [2.24, 2.45) is 0 Å². The summed E-state index contributed by atoms with van der Waals surface area (Å²) in [5, 5.41) is 0. The minimum absolute atomic E-state index is 1.17. The third kappa shape index (κ3) is 3.18. The van der Waals surface area contributed by atoms with Gasteiger partial charge in [0.2, 0.25) is 0 Å². The van der Waals surface area contributed by atoms with Crippen molar-refractivity contribution in [3.05, 3.63) is 23.5 Å². The summed E-state index contributed by atoms with van der Waals surface area (Å²) < 4.78 is 2.40. The van der Waals surface area contributed by atoms with Gasteiger partial charge in [0.25, 0.3) is 0 Å². The van der Waals surface area contributed by atoms with Gasteiger partial charge in [-0.2, -0.15) is 0 Å². The van der Waals surface area contributed by atoms with Gasteiger partial charge >= 0.3 is 0 Å². The van der Waals surface area contributed by atoms with Crippen LogP contribution in [-0.4, -0.2) is 30.1 Å². The Morgan fingerprint density at radius 1 is 1.07 bits per heavy atom. The van der Waals surface area contributed by atoms with E-state index < -0.39 is 0 Å². The van der Waals surface area contributed by atoms with Crippen LogP contribution in [0.1, 0.15) is 24.2 Å². The molecule has 0 aliphatic rings. The van der Waals surface area contributed by atoms with Gasteiger partial charge in [-0.3, -0.25) is 0 Å². The minimum atomic E-state index is 1.17. The molecule has 2 heteroatoms. The Morgan fingerprint density at radius 3 is 2.14 bits per heavy atom. The number of nitrogens with zero attached hydrogens (tertiary/aromatic N) is 2. The topological polar surface area (TPSA) is 8.17 Å². The molecule has 0 aliphatic heterocycles. The van der Waals surface area contributed by atoms with Crippen LogP contribution in [0, 0.1) is 13.8 Å². The zero-order chi connectivity index (χ0) is 10.6. The smallest absolute Gasteiger partial charge is 0.0225 e. The molecule has 0 radical (unpaired) electrons. The lowest BCUT2D eigenvalue weighted by atomic mass is 10.3. The molecule has 0 saturated carbocycles. The van der Waals surface area contributed by atoms with Crippen LogP contribution in [0.25, 0.3) is 0 Å². The highest BCUT2D eigenvalue weighted by molar-refractivity contribution is 5.13. The van der Waals surface area contributed by atoms with Crippen molar-refractivity contribution in [1.29, 1.82) is 0 Å². The summed E-state index contributed by atoms with van der Waals surface area (Å²) in [5.74, 6) is 0. The number of aromatic nitrogens is 1. The molecule has 0 N–H and O–H groups in total. The van der Waals surface area contributed by atoms with Crippen molar-refractivity contribution in [3.8, 4) is 0 Å². The molecule has 1 rings (SSSR count). The van der Waals surface area contributed by atoms with Crippen molar-refractivity contribution in [1.82, 2.24) is 9.47 Å². The van der Waals surface area contributed by atoms with E-state index in [0.29, 0.717) is 0 Å². The quantitative estimate of drug-likeness (QED) is 0.654. The van der Waals surface area contributed by atoms with Gasteiger partial charge in [-0.25, -0.2) is 0 Å². The minimum Gasteiger partial charge on any atom is -0.349 e.